The van der Waals surface area contributed by atoms with E-state index in [1.165, 1.54) is 11.3 Å². The standard InChI is InChI=1S/C35H33BrN2O8S/c1-5-7-24-31(34(40)43-6-2)32(23-17-22(36)10-13-25(23)41-3)38-33(39)30(47-35(38)37-24)16-20-8-11-26(28(14-20)42-4)44-18-21-9-12-27-29(15-21)46-19-45-27/h8-17,32H,5-7,18-19H2,1-4H3/b30-16+/t32-/m0/s1. The molecule has 10 nitrogen and oxygen atoms in total. The van der Waals surface area contributed by atoms with Gasteiger partial charge in [-0.15, -0.1) is 0 Å². The second kappa shape index (κ2) is 14.1. The van der Waals surface area contributed by atoms with E-state index in [0.29, 0.717) is 67.9 Å². The SMILES string of the molecule is CCCC1=C(C(=O)OCC)[C@H](c2cc(Br)ccc2OC)n2c(s/c(=C/c3ccc(OCc4ccc5c(c4)OCO5)c(OC)c3)c2=O)=N1. The summed E-state index contributed by atoms with van der Waals surface area (Å²) in [5.74, 6) is 2.48. The Kier molecular flexibility index (Phi) is 9.69. The van der Waals surface area contributed by atoms with Crippen LogP contribution in [0.2, 0.25) is 0 Å². The first kappa shape index (κ1) is 32.4. The zero-order valence-corrected chi connectivity index (χ0v) is 28.7. The number of rotatable bonds is 11. The van der Waals surface area contributed by atoms with Crippen molar-refractivity contribution in [2.45, 2.75) is 39.3 Å². The van der Waals surface area contributed by atoms with Crippen LogP contribution in [0, 0.1) is 0 Å². The largest absolute Gasteiger partial charge is 0.496 e. The van der Waals surface area contributed by atoms with Gasteiger partial charge in [-0.25, -0.2) is 9.79 Å². The average molecular weight is 722 g/mol. The number of aromatic nitrogens is 1. The summed E-state index contributed by atoms with van der Waals surface area (Å²) in [4.78, 5) is 33.1. The van der Waals surface area contributed by atoms with E-state index in [2.05, 4.69) is 15.9 Å². The van der Waals surface area contributed by atoms with E-state index >= 15 is 0 Å². The molecule has 0 N–H and O–H groups in total. The maximum atomic E-state index is 14.2. The fraction of sp³-hybridized carbons (Fsp3) is 0.286. The number of esters is 1. The normalized spacial score (nSPS) is 15.3. The van der Waals surface area contributed by atoms with E-state index < -0.39 is 12.0 Å². The highest BCUT2D eigenvalue weighted by Crippen LogP contribution is 2.39. The quantitative estimate of drug-likeness (QED) is 0.183. The van der Waals surface area contributed by atoms with Gasteiger partial charge in [-0.1, -0.05) is 52.7 Å². The minimum atomic E-state index is -0.803. The Labute approximate surface area is 283 Å². The zero-order valence-electron chi connectivity index (χ0n) is 26.3. The van der Waals surface area contributed by atoms with Crippen LogP contribution in [0.4, 0.5) is 0 Å². The molecule has 0 bridgehead atoms. The number of hydrogen-bond acceptors (Lipinski definition) is 10. The van der Waals surface area contributed by atoms with Crippen LogP contribution in [-0.2, 0) is 16.1 Å². The highest BCUT2D eigenvalue weighted by Gasteiger charge is 2.36. The smallest absolute Gasteiger partial charge is 0.338 e. The Hall–Kier alpha value is -4.55. The third-order valence-electron chi connectivity index (χ3n) is 7.70. The van der Waals surface area contributed by atoms with Gasteiger partial charge in [0.25, 0.3) is 5.56 Å². The van der Waals surface area contributed by atoms with Gasteiger partial charge >= 0.3 is 5.97 Å². The summed E-state index contributed by atoms with van der Waals surface area (Å²) in [6.07, 6.45) is 3.08. The molecule has 1 aromatic heterocycles. The molecule has 0 aliphatic carbocycles. The molecule has 4 aromatic rings. The van der Waals surface area contributed by atoms with Gasteiger partial charge in [-0.3, -0.25) is 9.36 Å². The second-order valence-electron chi connectivity index (χ2n) is 10.7. The van der Waals surface area contributed by atoms with E-state index in [1.807, 2.05) is 55.5 Å². The Bertz CT molecular complexity index is 2050. The topological polar surface area (TPSA) is 107 Å². The van der Waals surface area contributed by atoms with Crippen LogP contribution in [-0.4, -0.2) is 38.2 Å². The van der Waals surface area contributed by atoms with Crippen molar-refractivity contribution in [3.63, 3.8) is 0 Å². The lowest BCUT2D eigenvalue weighted by molar-refractivity contribution is -0.139. The van der Waals surface area contributed by atoms with Crippen molar-refractivity contribution in [2.24, 2.45) is 4.99 Å². The third kappa shape index (κ3) is 6.52. The van der Waals surface area contributed by atoms with Gasteiger partial charge in [0.1, 0.15) is 18.4 Å². The molecule has 6 rings (SSSR count). The maximum absolute atomic E-state index is 14.2. The van der Waals surface area contributed by atoms with E-state index in [9.17, 15) is 9.59 Å². The van der Waals surface area contributed by atoms with Crippen LogP contribution >= 0.6 is 27.3 Å². The number of carbonyl (C=O) groups excluding carboxylic acids is 1. The van der Waals surface area contributed by atoms with Crippen molar-refractivity contribution in [3.8, 4) is 28.7 Å². The van der Waals surface area contributed by atoms with Crippen molar-refractivity contribution in [1.29, 1.82) is 0 Å². The number of benzene rings is 3. The number of methoxy groups -OCH3 is 2. The molecule has 0 amide bonds. The monoisotopic (exact) mass is 720 g/mol. The Balaban J connectivity index is 1.41. The van der Waals surface area contributed by atoms with Gasteiger partial charge in [0.2, 0.25) is 6.79 Å². The van der Waals surface area contributed by atoms with E-state index in [4.69, 9.17) is 33.4 Å². The number of ether oxygens (including phenoxy) is 6. The summed E-state index contributed by atoms with van der Waals surface area (Å²) in [6.45, 7) is 4.47. The Morgan fingerprint density at radius 1 is 1.02 bits per heavy atom. The number of allylic oxidation sites excluding steroid dienone is 1. The van der Waals surface area contributed by atoms with Crippen molar-refractivity contribution in [2.75, 3.05) is 27.6 Å². The molecule has 0 fully saturated rings. The number of fused-ring (bicyclic) bond motifs is 2. The Morgan fingerprint density at radius 3 is 2.57 bits per heavy atom. The zero-order chi connectivity index (χ0) is 33.1. The highest BCUT2D eigenvalue weighted by molar-refractivity contribution is 9.10. The van der Waals surface area contributed by atoms with E-state index in [1.54, 1.807) is 37.9 Å². The summed E-state index contributed by atoms with van der Waals surface area (Å²) in [5.41, 5.74) is 2.93. The summed E-state index contributed by atoms with van der Waals surface area (Å²) in [7, 11) is 3.13. The fourth-order valence-electron chi connectivity index (χ4n) is 5.57. The molecule has 3 heterocycles. The first-order valence-corrected chi connectivity index (χ1v) is 16.7. The minimum absolute atomic E-state index is 0.187. The molecule has 0 saturated carbocycles. The number of hydrogen-bond donors (Lipinski definition) is 0. The van der Waals surface area contributed by atoms with Crippen molar-refractivity contribution in [1.82, 2.24) is 4.57 Å². The first-order valence-electron chi connectivity index (χ1n) is 15.1. The maximum Gasteiger partial charge on any atom is 0.338 e. The summed E-state index contributed by atoms with van der Waals surface area (Å²) >= 11 is 4.81. The van der Waals surface area contributed by atoms with Crippen molar-refractivity contribution >= 4 is 39.3 Å². The predicted molar refractivity (Wildman–Crippen MR) is 180 cm³/mol. The van der Waals surface area contributed by atoms with Gasteiger partial charge in [-0.2, -0.15) is 0 Å². The molecule has 3 aromatic carbocycles. The van der Waals surface area contributed by atoms with Gasteiger partial charge in [0.05, 0.1) is 36.6 Å². The Morgan fingerprint density at radius 2 is 1.81 bits per heavy atom. The number of thiazole rings is 1. The molecule has 244 valence electrons. The first-order chi connectivity index (χ1) is 22.8. The highest BCUT2D eigenvalue weighted by atomic mass is 79.9. The van der Waals surface area contributed by atoms with Crippen LogP contribution in [0.25, 0.3) is 6.08 Å². The van der Waals surface area contributed by atoms with Crippen LogP contribution in [0.5, 0.6) is 28.7 Å². The number of nitrogens with zero attached hydrogens (tertiary/aromatic N) is 2. The molecule has 2 aliphatic heterocycles. The van der Waals surface area contributed by atoms with Crippen LogP contribution in [0.3, 0.4) is 0 Å². The fourth-order valence-corrected chi connectivity index (χ4v) is 6.97. The lowest BCUT2D eigenvalue weighted by atomic mass is 9.93. The van der Waals surface area contributed by atoms with Gasteiger partial charge in [0, 0.05) is 10.0 Å². The molecule has 0 unspecified atom stereocenters. The van der Waals surface area contributed by atoms with Crippen LogP contribution in [0.15, 0.2) is 80.1 Å². The van der Waals surface area contributed by atoms with Crippen LogP contribution in [0.1, 0.15) is 49.4 Å². The van der Waals surface area contributed by atoms with Gasteiger partial charge in [0.15, 0.2) is 27.8 Å². The van der Waals surface area contributed by atoms with Crippen molar-refractivity contribution < 1.29 is 33.2 Å². The van der Waals surface area contributed by atoms with E-state index in [0.717, 1.165) is 22.0 Å². The lowest BCUT2D eigenvalue weighted by Crippen LogP contribution is -2.40. The predicted octanol–water partition coefficient (Wildman–Crippen LogP) is 5.67. The van der Waals surface area contributed by atoms with E-state index in [-0.39, 0.29) is 19.0 Å². The minimum Gasteiger partial charge on any atom is -0.496 e. The average Bonchev–Trinajstić information content (AvgIpc) is 3.67. The molecule has 0 saturated heterocycles. The summed E-state index contributed by atoms with van der Waals surface area (Å²) < 4.78 is 36.6. The molecule has 47 heavy (non-hydrogen) atoms. The molecule has 12 heteroatoms. The third-order valence-corrected chi connectivity index (χ3v) is 9.17. The van der Waals surface area contributed by atoms with Crippen LogP contribution < -0.4 is 38.6 Å². The van der Waals surface area contributed by atoms with Gasteiger partial charge in [-0.05, 0) is 73.0 Å². The molecule has 0 spiro atoms. The molecular formula is C35H33BrN2O8S. The summed E-state index contributed by atoms with van der Waals surface area (Å²) in [6, 6.07) is 15.9. The molecular weight excluding hydrogens is 688 g/mol. The molecule has 0 radical (unpaired) electrons. The molecule has 1 atom stereocenters. The van der Waals surface area contributed by atoms with Crippen molar-refractivity contribution in [3.05, 3.63) is 107 Å². The lowest BCUT2D eigenvalue weighted by Gasteiger charge is -2.27. The summed E-state index contributed by atoms with van der Waals surface area (Å²) in [5, 5.41) is 0. The second-order valence-corrected chi connectivity index (χ2v) is 12.6. The number of halogens is 1. The van der Waals surface area contributed by atoms with Gasteiger partial charge < -0.3 is 28.4 Å². The molecule has 2 aliphatic rings. The number of carbonyl (C=O) groups is 1.